The number of para-hydroxylation sites is 1. The second-order valence-corrected chi connectivity index (χ2v) is 5.31. The Morgan fingerprint density at radius 1 is 1.45 bits per heavy atom. The smallest absolute Gasteiger partial charge is 0.233 e. The summed E-state index contributed by atoms with van der Waals surface area (Å²) in [7, 11) is 0. The Morgan fingerprint density at radius 3 is 3.00 bits per heavy atom. The van der Waals surface area contributed by atoms with Gasteiger partial charge in [0.25, 0.3) is 0 Å². The van der Waals surface area contributed by atoms with Crippen LogP contribution in [0.3, 0.4) is 0 Å². The van der Waals surface area contributed by atoms with Crippen LogP contribution >= 0.6 is 0 Å². The van der Waals surface area contributed by atoms with Gasteiger partial charge in [0, 0.05) is 24.5 Å². The summed E-state index contributed by atoms with van der Waals surface area (Å²) in [4.78, 5) is 12.4. The normalized spacial score (nSPS) is 16.9. The molecule has 1 amide bonds. The average Bonchev–Trinajstić information content (AvgIpc) is 3.04. The van der Waals surface area contributed by atoms with Gasteiger partial charge in [0.15, 0.2) is 0 Å². The highest BCUT2D eigenvalue weighted by Crippen LogP contribution is 2.31. The molecule has 0 aliphatic carbocycles. The Labute approximate surface area is 118 Å². The highest BCUT2D eigenvalue weighted by Gasteiger charge is 2.28. The third-order valence-electron chi connectivity index (χ3n) is 3.55. The van der Waals surface area contributed by atoms with Crippen molar-refractivity contribution in [3.8, 4) is 0 Å². The highest BCUT2D eigenvalue weighted by atomic mass is 16.1. The zero-order valence-electron chi connectivity index (χ0n) is 11.6. The molecule has 0 saturated carbocycles. The van der Waals surface area contributed by atoms with Gasteiger partial charge in [-0.25, -0.2) is 0 Å². The number of aromatic nitrogens is 2. The third kappa shape index (κ3) is 2.27. The fourth-order valence-corrected chi connectivity index (χ4v) is 2.43. The zero-order valence-corrected chi connectivity index (χ0v) is 11.6. The highest BCUT2D eigenvalue weighted by molar-refractivity contribution is 5.98. The number of benzene rings is 1. The van der Waals surface area contributed by atoms with E-state index in [2.05, 4.69) is 29.6 Å². The minimum atomic E-state index is -0.145. The first kappa shape index (κ1) is 12.7. The first-order valence-corrected chi connectivity index (χ1v) is 6.83. The predicted molar refractivity (Wildman–Crippen MR) is 78.9 cm³/mol. The Kier molecular flexibility index (Phi) is 3.18. The number of anilines is 2. The van der Waals surface area contributed by atoms with E-state index in [0.29, 0.717) is 6.54 Å². The van der Waals surface area contributed by atoms with E-state index in [-0.39, 0.29) is 17.9 Å². The van der Waals surface area contributed by atoms with Crippen molar-refractivity contribution in [3.63, 3.8) is 0 Å². The lowest BCUT2D eigenvalue weighted by Crippen LogP contribution is -2.22. The number of rotatable bonds is 3. The van der Waals surface area contributed by atoms with Gasteiger partial charge in [-0.1, -0.05) is 18.2 Å². The summed E-state index contributed by atoms with van der Waals surface area (Å²) in [5.74, 6) is -0.139. The molecule has 1 aromatic carbocycles. The summed E-state index contributed by atoms with van der Waals surface area (Å²) in [5, 5.41) is 10.4. The van der Waals surface area contributed by atoms with Gasteiger partial charge in [0.05, 0.1) is 17.8 Å². The van der Waals surface area contributed by atoms with E-state index < -0.39 is 0 Å². The van der Waals surface area contributed by atoms with Crippen molar-refractivity contribution in [2.45, 2.75) is 25.8 Å². The minimum Gasteiger partial charge on any atom is -0.384 e. The van der Waals surface area contributed by atoms with Crippen LogP contribution in [0.25, 0.3) is 0 Å². The van der Waals surface area contributed by atoms with Crippen molar-refractivity contribution in [1.82, 2.24) is 9.78 Å². The van der Waals surface area contributed by atoms with Crippen LogP contribution in [0.15, 0.2) is 36.7 Å². The molecule has 0 fully saturated rings. The summed E-state index contributed by atoms with van der Waals surface area (Å²) in [5.41, 5.74) is 2.85. The van der Waals surface area contributed by atoms with Crippen molar-refractivity contribution in [2.24, 2.45) is 0 Å². The monoisotopic (exact) mass is 270 g/mol. The van der Waals surface area contributed by atoms with Crippen LogP contribution in [0, 0.1) is 0 Å². The molecule has 5 nitrogen and oxygen atoms in total. The molecule has 1 aliphatic heterocycles. The molecule has 1 aliphatic rings. The molecule has 0 spiro atoms. The Bertz CT molecular complexity index is 632. The summed E-state index contributed by atoms with van der Waals surface area (Å²) in [6, 6.07) is 8.22. The number of amides is 1. The quantitative estimate of drug-likeness (QED) is 0.901. The molecular formula is C15H18N4O. The van der Waals surface area contributed by atoms with Crippen LogP contribution in [-0.2, 0) is 4.79 Å². The zero-order chi connectivity index (χ0) is 14.1. The van der Waals surface area contributed by atoms with E-state index in [4.69, 9.17) is 0 Å². The third-order valence-corrected chi connectivity index (χ3v) is 3.55. The molecule has 5 heteroatoms. The van der Waals surface area contributed by atoms with E-state index in [0.717, 1.165) is 16.9 Å². The molecule has 20 heavy (non-hydrogen) atoms. The topological polar surface area (TPSA) is 59.0 Å². The second kappa shape index (κ2) is 5.00. The van der Waals surface area contributed by atoms with Crippen molar-refractivity contribution in [1.29, 1.82) is 0 Å². The van der Waals surface area contributed by atoms with E-state index >= 15 is 0 Å². The molecule has 0 bridgehead atoms. The minimum absolute atomic E-state index is 0.00533. The SMILES string of the molecule is CC(C)n1cc(NC(=O)C2CNc3ccccc32)cn1. The maximum Gasteiger partial charge on any atom is 0.233 e. The van der Waals surface area contributed by atoms with Crippen LogP contribution in [0.4, 0.5) is 11.4 Å². The fraction of sp³-hybridized carbons (Fsp3) is 0.333. The molecule has 3 rings (SSSR count). The van der Waals surface area contributed by atoms with Crippen LogP contribution in [0.5, 0.6) is 0 Å². The lowest BCUT2D eigenvalue weighted by atomic mass is 10.0. The van der Waals surface area contributed by atoms with Gasteiger partial charge in [-0.2, -0.15) is 5.10 Å². The van der Waals surface area contributed by atoms with Gasteiger partial charge in [-0.3, -0.25) is 9.48 Å². The van der Waals surface area contributed by atoms with Crippen molar-refractivity contribution < 1.29 is 4.79 Å². The van der Waals surface area contributed by atoms with Crippen LogP contribution in [0.2, 0.25) is 0 Å². The molecule has 0 radical (unpaired) electrons. The van der Waals surface area contributed by atoms with Gasteiger partial charge >= 0.3 is 0 Å². The molecule has 2 heterocycles. The van der Waals surface area contributed by atoms with E-state index in [9.17, 15) is 4.79 Å². The Hall–Kier alpha value is -2.30. The molecule has 1 unspecified atom stereocenters. The van der Waals surface area contributed by atoms with Gasteiger partial charge in [0.1, 0.15) is 0 Å². The fourth-order valence-electron chi connectivity index (χ4n) is 2.43. The summed E-state index contributed by atoms with van der Waals surface area (Å²) >= 11 is 0. The van der Waals surface area contributed by atoms with Crippen LogP contribution < -0.4 is 10.6 Å². The average molecular weight is 270 g/mol. The van der Waals surface area contributed by atoms with Gasteiger partial charge in [0.2, 0.25) is 5.91 Å². The van der Waals surface area contributed by atoms with Gasteiger partial charge < -0.3 is 10.6 Å². The molecule has 104 valence electrons. The lowest BCUT2D eigenvalue weighted by molar-refractivity contribution is -0.117. The summed E-state index contributed by atoms with van der Waals surface area (Å²) in [6.45, 7) is 4.75. The number of hydrogen-bond acceptors (Lipinski definition) is 3. The van der Waals surface area contributed by atoms with E-state index in [1.807, 2.05) is 35.1 Å². The number of nitrogens with one attached hydrogen (secondary N) is 2. The second-order valence-electron chi connectivity index (χ2n) is 5.31. The molecule has 1 atom stereocenters. The molecule has 0 saturated heterocycles. The van der Waals surface area contributed by atoms with Gasteiger partial charge in [-0.15, -0.1) is 0 Å². The number of carbonyl (C=O) groups is 1. The Morgan fingerprint density at radius 2 is 2.25 bits per heavy atom. The first-order chi connectivity index (χ1) is 9.65. The maximum atomic E-state index is 12.4. The van der Waals surface area contributed by atoms with Crippen molar-refractivity contribution in [3.05, 3.63) is 42.2 Å². The van der Waals surface area contributed by atoms with Crippen LogP contribution in [-0.4, -0.2) is 22.2 Å². The largest absolute Gasteiger partial charge is 0.384 e. The molecule has 2 aromatic rings. The Balaban J connectivity index is 1.74. The molecular weight excluding hydrogens is 252 g/mol. The predicted octanol–water partition coefficient (Wildman–Crippen LogP) is 2.61. The number of fused-ring (bicyclic) bond motifs is 1. The van der Waals surface area contributed by atoms with Gasteiger partial charge in [-0.05, 0) is 25.5 Å². The summed E-state index contributed by atoms with van der Waals surface area (Å²) in [6.07, 6.45) is 3.54. The number of nitrogens with zero attached hydrogens (tertiary/aromatic N) is 2. The van der Waals surface area contributed by atoms with E-state index in [1.165, 1.54) is 0 Å². The number of carbonyl (C=O) groups excluding carboxylic acids is 1. The standard InChI is InChI=1S/C15H18N4O/c1-10(2)19-9-11(7-17-19)18-15(20)13-8-16-14-6-4-3-5-12(13)14/h3-7,9-10,13,16H,8H2,1-2H3,(H,18,20). The maximum absolute atomic E-state index is 12.4. The molecule has 1 aromatic heterocycles. The van der Waals surface area contributed by atoms with Crippen molar-refractivity contribution >= 4 is 17.3 Å². The number of hydrogen-bond donors (Lipinski definition) is 2. The summed E-state index contributed by atoms with van der Waals surface area (Å²) < 4.78 is 1.83. The molecule has 2 N–H and O–H groups in total. The van der Waals surface area contributed by atoms with Crippen LogP contribution in [0.1, 0.15) is 31.4 Å². The first-order valence-electron chi connectivity index (χ1n) is 6.83. The van der Waals surface area contributed by atoms with E-state index in [1.54, 1.807) is 6.20 Å². The van der Waals surface area contributed by atoms with Crippen molar-refractivity contribution in [2.75, 3.05) is 17.2 Å². The lowest BCUT2D eigenvalue weighted by Gasteiger charge is -2.09.